The van der Waals surface area contributed by atoms with Crippen molar-refractivity contribution in [2.45, 2.75) is 52.0 Å². The van der Waals surface area contributed by atoms with E-state index in [0.29, 0.717) is 10.2 Å². The van der Waals surface area contributed by atoms with Gasteiger partial charge in [0.1, 0.15) is 11.6 Å². The van der Waals surface area contributed by atoms with Gasteiger partial charge in [0.2, 0.25) is 0 Å². The molecule has 1 unspecified atom stereocenters. The van der Waals surface area contributed by atoms with Crippen molar-refractivity contribution in [2.24, 2.45) is 0 Å². The highest BCUT2D eigenvalue weighted by Crippen LogP contribution is 2.33. The maximum atomic E-state index is 13.6. The second-order valence-corrected chi connectivity index (χ2v) is 5.82. The lowest BCUT2D eigenvalue weighted by atomic mass is 9.99. The number of rotatable bonds is 9. The molecule has 0 fully saturated rings. The van der Waals surface area contributed by atoms with E-state index >= 15 is 0 Å². The Morgan fingerprint density at radius 2 is 2.00 bits per heavy atom. The molecule has 0 spiro atoms. The Morgan fingerprint density at radius 3 is 2.60 bits per heavy atom. The van der Waals surface area contributed by atoms with Crippen LogP contribution < -0.4 is 10.1 Å². The zero-order valence-corrected chi connectivity index (χ0v) is 14.2. The van der Waals surface area contributed by atoms with Gasteiger partial charge in [-0.05, 0) is 35.0 Å². The van der Waals surface area contributed by atoms with Crippen LogP contribution >= 0.6 is 15.9 Å². The second-order valence-electron chi connectivity index (χ2n) is 4.97. The van der Waals surface area contributed by atoms with Crippen LogP contribution in [0.25, 0.3) is 0 Å². The van der Waals surface area contributed by atoms with Crippen molar-refractivity contribution in [3.8, 4) is 5.75 Å². The first kappa shape index (κ1) is 17.4. The molecule has 20 heavy (non-hydrogen) atoms. The summed E-state index contributed by atoms with van der Waals surface area (Å²) in [7, 11) is 1.59. The average molecular weight is 346 g/mol. The normalized spacial score (nSPS) is 12.4. The number of hydrogen-bond donors (Lipinski definition) is 1. The highest BCUT2D eigenvalue weighted by molar-refractivity contribution is 9.10. The molecule has 114 valence electrons. The SMILES string of the molecule is CCCCCCC(NCC)c1cc(Br)c(F)cc1OC. The minimum Gasteiger partial charge on any atom is -0.496 e. The summed E-state index contributed by atoms with van der Waals surface area (Å²) in [5, 5.41) is 3.47. The van der Waals surface area contributed by atoms with Crippen LogP contribution in [0.5, 0.6) is 5.75 Å². The predicted octanol–water partition coefficient (Wildman–Crippen LogP) is 5.22. The molecule has 0 aliphatic heterocycles. The van der Waals surface area contributed by atoms with Crippen LogP contribution in [0, 0.1) is 5.82 Å². The number of unbranched alkanes of at least 4 members (excludes halogenated alkanes) is 3. The van der Waals surface area contributed by atoms with E-state index in [1.807, 2.05) is 6.07 Å². The molecule has 0 saturated carbocycles. The third kappa shape index (κ3) is 5.06. The molecule has 0 aliphatic carbocycles. The second kappa shape index (κ2) is 9.35. The van der Waals surface area contributed by atoms with Gasteiger partial charge >= 0.3 is 0 Å². The fraction of sp³-hybridized carbons (Fsp3) is 0.625. The van der Waals surface area contributed by atoms with Crippen molar-refractivity contribution in [3.05, 3.63) is 28.0 Å². The molecular weight excluding hydrogens is 321 g/mol. The zero-order valence-electron chi connectivity index (χ0n) is 12.6. The molecule has 0 bridgehead atoms. The Balaban J connectivity index is 2.86. The molecule has 4 heteroatoms. The van der Waals surface area contributed by atoms with Crippen LogP contribution in [0.2, 0.25) is 0 Å². The Hall–Kier alpha value is -0.610. The molecule has 0 aromatic heterocycles. The van der Waals surface area contributed by atoms with E-state index in [2.05, 4.69) is 35.1 Å². The van der Waals surface area contributed by atoms with E-state index in [4.69, 9.17) is 4.74 Å². The summed E-state index contributed by atoms with van der Waals surface area (Å²) < 4.78 is 19.4. The highest BCUT2D eigenvalue weighted by Gasteiger charge is 2.17. The molecule has 0 radical (unpaired) electrons. The van der Waals surface area contributed by atoms with Crippen LogP contribution in [-0.4, -0.2) is 13.7 Å². The highest BCUT2D eigenvalue weighted by atomic mass is 79.9. The van der Waals surface area contributed by atoms with Gasteiger partial charge in [0.25, 0.3) is 0 Å². The van der Waals surface area contributed by atoms with Crippen molar-refractivity contribution in [2.75, 3.05) is 13.7 Å². The molecule has 1 N–H and O–H groups in total. The third-order valence-corrected chi connectivity index (χ3v) is 4.05. The van der Waals surface area contributed by atoms with E-state index < -0.39 is 0 Å². The summed E-state index contributed by atoms with van der Waals surface area (Å²) in [5.41, 5.74) is 1.03. The van der Waals surface area contributed by atoms with Crippen LogP contribution in [0.15, 0.2) is 16.6 Å². The van der Waals surface area contributed by atoms with Gasteiger partial charge in [-0.3, -0.25) is 0 Å². The Kier molecular flexibility index (Phi) is 8.15. The molecule has 0 saturated heterocycles. The fourth-order valence-electron chi connectivity index (χ4n) is 2.38. The number of methoxy groups -OCH3 is 1. The summed E-state index contributed by atoms with van der Waals surface area (Å²) >= 11 is 3.26. The average Bonchev–Trinajstić information content (AvgIpc) is 2.45. The smallest absolute Gasteiger partial charge is 0.141 e. The summed E-state index contributed by atoms with van der Waals surface area (Å²) in [5.74, 6) is 0.332. The standard InChI is InChI=1S/C16H25BrFNO/c1-4-6-7-8-9-15(19-5-2)12-10-13(17)14(18)11-16(12)20-3/h10-11,15,19H,4-9H2,1-3H3. The molecule has 1 rings (SSSR count). The fourth-order valence-corrected chi connectivity index (χ4v) is 2.74. The summed E-state index contributed by atoms with van der Waals surface area (Å²) in [4.78, 5) is 0. The van der Waals surface area contributed by atoms with E-state index in [1.165, 1.54) is 31.7 Å². The summed E-state index contributed by atoms with van der Waals surface area (Å²) in [6.07, 6.45) is 5.95. The lowest BCUT2D eigenvalue weighted by Gasteiger charge is -2.21. The number of benzene rings is 1. The predicted molar refractivity (Wildman–Crippen MR) is 85.8 cm³/mol. The van der Waals surface area contributed by atoms with E-state index in [-0.39, 0.29) is 11.9 Å². The Labute approximate surface area is 130 Å². The van der Waals surface area contributed by atoms with Crippen molar-refractivity contribution in [3.63, 3.8) is 0 Å². The monoisotopic (exact) mass is 345 g/mol. The molecule has 0 heterocycles. The van der Waals surface area contributed by atoms with Crippen LogP contribution in [0.4, 0.5) is 4.39 Å². The van der Waals surface area contributed by atoms with E-state index in [0.717, 1.165) is 18.5 Å². The maximum Gasteiger partial charge on any atom is 0.141 e. The molecule has 1 aromatic carbocycles. The van der Waals surface area contributed by atoms with Crippen molar-refractivity contribution in [1.82, 2.24) is 5.32 Å². The minimum absolute atomic E-state index is 0.212. The van der Waals surface area contributed by atoms with Gasteiger partial charge in [0.15, 0.2) is 0 Å². The maximum absolute atomic E-state index is 13.6. The van der Waals surface area contributed by atoms with Gasteiger partial charge in [-0.15, -0.1) is 0 Å². The van der Waals surface area contributed by atoms with Gasteiger partial charge in [0, 0.05) is 17.7 Å². The summed E-state index contributed by atoms with van der Waals surface area (Å²) in [6.45, 7) is 5.18. The first-order chi connectivity index (χ1) is 9.63. The molecule has 1 atom stereocenters. The Bertz CT molecular complexity index is 412. The third-order valence-electron chi connectivity index (χ3n) is 3.44. The molecule has 1 aromatic rings. The number of nitrogens with one attached hydrogen (secondary N) is 1. The van der Waals surface area contributed by atoms with Crippen LogP contribution in [0.3, 0.4) is 0 Å². The minimum atomic E-state index is -0.285. The number of halogens is 2. The van der Waals surface area contributed by atoms with Crippen LogP contribution in [-0.2, 0) is 0 Å². The molecule has 0 aliphatic rings. The molecular formula is C16H25BrFNO. The van der Waals surface area contributed by atoms with Crippen molar-refractivity contribution >= 4 is 15.9 Å². The van der Waals surface area contributed by atoms with Gasteiger partial charge in [-0.1, -0.05) is 39.5 Å². The molecule has 0 amide bonds. The zero-order chi connectivity index (χ0) is 15.0. The van der Waals surface area contributed by atoms with Gasteiger partial charge < -0.3 is 10.1 Å². The first-order valence-corrected chi connectivity index (χ1v) is 8.19. The van der Waals surface area contributed by atoms with Crippen LogP contribution in [0.1, 0.15) is 57.6 Å². The number of hydrogen-bond acceptors (Lipinski definition) is 2. The van der Waals surface area contributed by atoms with E-state index in [9.17, 15) is 4.39 Å². The van der Waals surface area contributed by atoms with Gasteiger partial charge in [0.05, 0.1) is 11.6 Å². The quantitative estimate of drug-likeness (QED) is 0.619. The Morgan fingerprint density at radius 1 is 1.25 bits per heavy atom. The largest absolute Gasteiger partial charge is 0.496 e. The van der Waals surface area contributed by atoms with E-state index in [1.54, 1.807) is 7.11 Å². The topological polar surface area (TPSA) is 21.3 Å². The number of ether oxygens (including phenoxy) is 1. The van der Waals surface area contributed by atoms with Gasteiger partial charge in [-0.2, -0.15) is 0 Å². The lowest BCUT2D eigenvalue weighted by Crippen LogP contribution is -2.21. The van der Waals surface area contributed by atoms with Crippen molar-refractivity contribution in [1.29, 1.82) is 0 Å². The first-order valence-electron chi connectivity index (χ1n) is 7.40. The molecule has 2 nitrogen and oxygen atoms in total. The van der Waals surface area contributed by atoms with Gasteiger partial charge in [-0.25, -0.2) is 4.39 Å². The lowest BCUT2D eigenvalue weighted by molar-refractivity contribution is 0.389. The van der Waals surface area contributed by atoms with Crippen molar-refractivity contribution < 1.29 is 9.13 Å². The summed E-state index contributed by atoms with van der Waals surface area (Å²) in [6, 6.07) is 3.50.